The quantitative estimate of drug-likeness (QED) is 0.207. The SMILES string of the molecule is Cc1cc(O)c2c(c1)C(=O)C(c1c(C)c(-c3c(C)cc4c(c3O)C(=O)C=C(c3c(C)cc5c(c3O)C(=O)[C@H]3O[C@@H]3C5=O)C4=O)c3c(c1O)C(=O)[C@H]1O[C@@H]1C3=O)=CC2=O. The van der Waals surface area contributed by atoms with Gasteiger partial charge in [-0.05, 0) is 86.4 Å². The van der Waals surface area contributed by atoms with Crippen LogP contribution in [0.1, 0.15) is 116 Å². The van der Waals surface area contributed by atoms with E-state index in [1.807, 2.05) is 0 Å². The Morgan fingerprint density at radius 3 is 1.53 bits per heavy atom. The number of allylic oxidation sites excluding steroid dienone is 4. The van der Waals surface area contributed by atoms with Crippen LogP contribution < -0.4 is 0 Å². The van der Waals surface area contributed by atoms with Crippen molar-refractivity contribution in [2.24, 2.45) is 0 Å². The molecule has 0 aromatic heterocycles. The minimum absolute atomic E-state index is 0.0518. The summed E-state index contributed by atoms with van der Waals surface area (Å²) in [4.78, 5) is 110. The molecule has 2 aliphatic heterocycles. The van der Waals surface area contributed by atoms with Gasteiger partial charge in [0.15, 0.2) is 70.7 Å². The number of fused-ring (bicyclic) bond motifs is 6. The number of phenolic OH excluding ortho intramolecular Hbond substituents is 4. The molecule has 0 unspecified atom stereocenters. The highest BCUT2D eigenvalue weighted by atomic mass is 16.6. The van der Waals surface area contributed by atoms with Crippen molar-refractivity contribution in [3.63, 3.8) is 0 Å². The molecule has 4 atom stereocenters. The van der Waals surface area contributed by atoms with Crippen molar-refractivity contribution in [1.82, 2.24) is 0 Å². The van der Waals surface area contributed by atoms with Gasteiger partial charge >= 0.3 is 0 Å². The lowest BCUT2D eigenvalue weighted by Gasteiger charge is -2.27. The molecule has 2 heterocycles. The van der Waals surface area contributed by atoms with Gasteiger partial charge in [0, 0.05) is 55.7 Å². The van der Waals surface area contributed by atoms with E-state index in [-0.39, 0.29) is 83.5 Å². The number of epoxide rings is 2. The highest BCUT2D eigenvalue weighted by molar-refractivity contribution is 6.42. The van der Waals surface area contributed by atoms with Gasteiger partial charge in [-0.15, -0.1) is 0 Å². The molecule has 0 spiro atoms. The second-order valence-corrected chi connectivity index (χ2v) is 15.3. The van der Waals surface area contributed by atoms with Crippen LogP contribution in [0, 0.1) is 27.7 Å². The molecule has 4 aliphatic carbocycles. The molecule has 58 heavy (non-hydrogen) atoms. The zero-order valence-electron chi connectivity index (χ0n) is 30.6. The zero-order valence-corrected chi connectivity index (χ0v) is 30.6. The molecule has 0 saturated carbocycles. The Balaban J connectivity index is 1.18. The molecule has 4 N–H and O–H groups in total. The highest BCUT2D eigenvalue weighted by Gasteiger charge is 2.58. The molecule has 0 amide bonds. The van der Waals surface area contributed by atoms with Crippen molar-refractivity contribution in [3.05, 3.63) is 114 Å². The predicted octanol–water partition coefficient (Wildman–Crippen LogP) is 4.63. The van der Waals surface area contributed by atoms with Crippen LogP contribution >= 0.6 is 0 Å². The van der Waals surface area contributed by atoms with Gasteiger partial charge in [-0.2, -0.15) is 0 Å². The summed E-state index contributed by atoms with van der Waals surface area (Å²) in [6.07, 6.45) is -2.68. The average Bonchev–Trinajstić information content (AvgIpc) is 4.08. The fraction of sp³-hybridized carbons (Fsp3) is 0.182. The largest absolute Gasteiger partial charge is 0.507 e. The van der Waals surface area contributed by atoms with E-state index in [0.717, 1.165) is 12.2 Å². The summed E-state index contributed by atoms with van der Waals surface area (Å²) in [6, 6.07) is 5.29. The summed E-state index contributed by atoms with van der Waals surface area (Å²) in [7, 11) is 0. The Kier molecular flexibility index (Phi) is 6.84. The fourth-order valence-electron chi connectivity index (χ4n) is 9.12. The van der Waals surface area contributed by atoms with Crippen molar-refractivity contribution in [3.8, 4) is 34.1 Å². The topological polar surface area (TPSA) is 243 Å². The van der Waals surface area contributed by atoms with Gasteiger partial charge in [0.1, 0.15) is 23.0 Å². The van der Waals surface area contributed by atoms with Gasteiger partial charge in [0.25, 0.3) is 0 Å². The molecule has 2 fully saturated rings. The van der Waals surface area contributed by atoms with Crippen molar-refractivity contribution < 1.29 is 68.3 Å². The van der Waals surface area contributed by atoms with Crippen molar-refractivity contribution >= 4 is 57.4 Å². The number of Topliss-reactive ketones (excluding diaryl/α,β-unsaturated/α-hetero) is 6. The van der Waals surface area contributed by atoms with Crippen molar-refractivity contribution in [1.29, 1.82) is 0 Å². The number of hydrogen-bond acceptors (Lipinski definition) is 14. The van der Waals surface area contributed by atoms with Gasteiger partial charge in [-0.25, -0.2) is 0 Å². The van der Waals surface area contributed by atoms with Crippen LogP contribution in [0.15, 0.2) is 36.4 Å². The van der Waals surface area contributed by atoms with E-state index in [2.05, 4.69) is 0 Å². The summed E-state index contributed by atoms with van der Waals surface area (Å²) in [5.41, 5.74) is -3.47. The standard InChI is InChI=1S/C44H26O14/c1-11-5-15-27(20(45)6-11)21(46)10-19(32(15)48)25-14(4)26(30-31(37(25)53)40(56)44-43(58-44)39(30)55)24-13(3)8-16-28(36(24)52)22(47)9-18(33(16)49)23-12(2)7-17-29(35(23)51)38(54)42-41(57-42)34(17)50/h5-10,41-45,51-53H,1-4H3/t41-,42-,43-,44-/m1/s1. The molecule has 4 aromatic carbocycles. The second kappa shape index (κ2) is 11.2. The number of aryl methyl sites for hydroxylation is 3. The van der Waals surface area contributed by atoms with Crippen LogP contribution in [0.25, 0.3) is 22.3 Å². The van der Waals surface area contributed by atoms with Crippen LogP contribution in [0.2, 0.25) is 0 Å². The summed E-state index contributed by atoms with van der Waals surface area (Å²) in [5.74, 6) is -8.75. The summed E-state index contributed by atoms with van der Waals surface area (Å²) in [5, 5.41) is 45.9. The van der Waals surface area contributed by atoms with Gasteiger partial charge in [0.2, 0.25) is 0 Å². The maximum absolute atomic E-state index is 14.3. The minimum atomic E-state index is -1.23. The maximum atomic E-state index is 14.3. The first-order valence-corrected chi connectivity index (χ1v) is 18.0. The van der Waals surface area contributed by atoms with E-state index < -0.39 is 105 Å². The van der Waals surface area contributed by atoms with E-state index in [4.69, 9.17) is 9.47 Å². The van der Waals surface area contributed by atoms with Gasteiger partial charge in [-0.3, -0.25) is 38.4 Å². The van der Waals surface area contributed by atoms with Crippen molar-refractivity contribution in [2.45, 2.75) is 52.1 Å². The zero-order chi connectivity index (χ0) is 41.3. The Labute approximate surface area is 325 Å². The average molecular weight is 779 g/mol. The maximum Gasteiger partial charge on any atom is 0.199 e. The summed E-state index contributed by atoms with van der Waals surface area (Å²) >= 11 is 0. The molecule has 4 aromatic rings. The molecule has 2 saturated heterocycles. The number of ketones is 8. The fourth-order valence-corrected chi connectivity index (χ4v) is 9.12. The number of carbonyl (C=O) groups is 8. The van der Waals surface area contributed by atoms with E-state index in [1.165, 1.54) is 45.0 Å². The summed E-state index contributed by atoms with van der Waals surface area (Å²) in [6.45, 7) is 5.91. The normalized spacial score (nSPS) is 22.4. The Hall–Kier alpha value is -7.16. The lowest BCUT2D eigenvalue weighted by Crippen LogP contribution is -2.28. The predicted molar refractivity (Wildman–Crippen MR) is 198 cm³/mol. The molecule has 0 bridgehead atoms. The first kappa shape index (κ1) is 35.3. The van der Waals surface area contributed by atoms with E-state index >= 15 is 0 Å². The number of benzene rings is 4. The molecule has 6 aliphatic rings. The third kappa shape index (κ3) is 4.32. The lowest BCUT2D eigenvalue weighted by molar-refractivity contribution is 0.0919. The number of phenols is 4. The third-order valence-electron chi connectivity index (χ3n) is 11.8. The van der Waals surface area contributed by atoms with Crippen LogP contribution in [0.4, 0.5) is 0 Å². The monoisotopic (exact) mass is 778 g/mol. The smallest absolute Gasteiger partial charge is 0.199 e. The van der Waals surface area contributed by atoms with Crippen LogP contribution in [-0.2, 0) is 9.47 Å². The second-order valence-electron chi connectivity index (χ2n) is 15.3. The first-order valence-electron chi connectivity index (χ1n) is 18.0. The third-order valence-corrected chi connectivity index (χ3v) is 11.8. The molecule has 286 valence electrons. The molecule has 14 nitrogen and oxygen atoms in total. The highest BCUT2D eigenvalue weighted by Crippen LogP contribution is 2.53. The Morgan fingerprint density at radius 2 is 0.897 bits per heavy atom. The van der Waals surface area contributed by atoms with Gasteiger partial charge in [-0.1, -0.05) is 0 Å². The number of ether oxygens (including phenoxy) is 2. The lowest BCUT2D eigenvalue weighted by atomic mass is 9.74. The Bertz CT molecular complexity index is 2990. The van der Waals surface area contributed by atoms with E-state index in [0.29, 0.717) is 5.56 Å². The first-order chi connectivity index (χ1) is 27.4. The number of aromatic hydroxyl groups is 4. The van der Waals surface area contributed by atoms with Crippen LogP contribution in [0.5, 0.6) is 23.0 Å². The van der Waals surface area contributed by atoms with Gasteiger partial charge in [0.05, 0.1) is 22.3 Å². The van der Waals surface area contributed by atoms with Gasteiger partial charge < -0.3 is 29.9 Å². The molecular weight excluding hydrogens is 752 g/mol. The number of hydrogen-bond donors (Lipinski definition) is 4. The van der Waals surface area contributed by atoms with E-state index in [9.17, 15) is 58.8 Å². The Morgan fingerprint density at radius 1 is 0.431 bits per heavy atom. The molecule has 10 rings (SSSR count). The number of rotatable bonds is 3. The number of carbonyl (C=O) groups excluding carboxylic acids is 8. The summed E-state index contributed by atoms with van der Waals surface area (Å²) < 4.78 is 10.6. The molecular formula is C44H26O14. The molecule has 14 heteroatoms. The van der Waals surface area contributed by atoms with Crippen LogP contribution in [0.3, 0.4) is 0 Å². The van der Waals surface area contributed by atoms with Crippen molar-refractivity contribution in [2.75, 3.05) is 0 Å². The van der Waals surface area contributed by atoms with E-state index in [1.54, 1.807) is 6.92 Å². The molecule has 0 radical (unpaired) electrons. The minimum Gasteiger partial charge on any atom is -0.507 e. The van der Waals surface area contributed by atoms with Crippen LogP contribution in [-0.4, -0.2) is 91.1 Å².